The van der Waals surface area contributed by atoms with Crippen molar-refractivity contribution in [1.82, 2.24) is 14.5 Å². The zero-order valence-corrected chi connectivity index (χ0v) is 22.3. The lowest BCUT2D eigenvalue weighted by Gasteiger charge is -2.56. The minimum atomic E-state index is -0.0100. The third-order valence-corrected chi connectivity index (χ3v) is 10.7. The van der Waals surface area contributed by atoms with Crippen LogP contribution >= 0.6 is 0 Å². The Morgan fingerprint density at radius 3 is 2.28 bits per heavy atom. The molecular weight excluding hydrogens is 444 g/mol. The van der Waals surface area contributed by atoms with Gasteiger partial charge in [0, 0.05) is 30.7 Å². The summed E-state index contributed by atoms with van der Waals surface area (Å²) in [6.45, 7) is 5.20. The van der Waals surface area contributed by atoms with Gasteiger partial charge in [0.05, 0.1) is 17.1 Å². The topological polar surface area (TPSA) is 41.4 Å². The smallest absolute Gasteiger partial charge is 0.207 e. The van der Waals surface area contributed by atoms with Crippen molar-refractivity contribution in [3.63, 3.8) is 0 Å². The van der Waals surface area contributed by atoms with E-state index in [0.717, 1.165) is 54.6 Å². The van der Waals surface area contributed by atoms with E-state index < -0.39 is 0 Å². The number of hydrogen-bond acceptors (Lipinski definition) is 4. The molecule has 0 unspecified atom stereocenters. The number of piperidine rings is 2. The minimum absolute atomic E-state index is 0.0100. The van der Waals surface area contributed by atoms with Crippen molar-refractivity contribution in [2.75, 3.05) is 11.4 Å². The Labute approximate surface area is 216 Å². The molecule has 5 aliphatic rings. The van der Waals surface area contributed by atoms with Gasteiger partial charge >= 0.3 is 0 Å². The third-order valence-electron chi connectivity index (χ3n) is 10.7. The number of fused-ring (bicyclic) bond motifs is 5. The lowest BCUT2D eigenvalue weighted by Crippen LogP contribution is -2.58. The normalized spacial score (nSPS) is 39.0. The van der Waals surface area contributed by atoms with Crippen LogP contribution in [-0.4, -0.2) is 50.9 Å². The first-order valence-electron chi connectivity index (χ1n) is 15.1. The lowest BCUT2D eigenvalue weighted by molar-refractivity contribution is -0.118. The zero-order valence-electron chi connectivity index (χ0n) is 22.3. The number of para-hydroxylation sites is 2. The molecule has 5 heteroatoms. The van der Waals surface area contributed by atoms with Gasteiger partial charge in [0.2, 0.25) is 5.95 Å². The van der Waals surface area contributed by atoms with Crippen LogP contribution < -0.4 is 4.90 Å². The second kappa shape index (κ2) is 9.15. The molecule has 1 aromatic carbocycles. The van der Waals surface area contributed by atoms with Crippen LogP contribution in [0.25, 0.3) is 11.0 Å². The summed E-state index contributed by atoms with van der Waals surface area (Å²) in [7, 11) is 0. The predicted octanol–water partition coefficient (Wildman–Crippen LogP) is 6.37. The number of rotatable bonds is 4. The van der Waals surface area contributed by atoms with Gasteiger partial charge < -0.3 is 9.47 Å². The second-order valence-electron chi connectivity index (χ2n) is 13.2. The maximum absolute atomic E-state index is 12.5. The number of imidazole rings is 1. The van der Waals surface area contributed by atoms with E-state index in [1.165, 1.54) is 69.7 Å². The molecule has 7 rings (SSSR count). The van der Waals surface area contributed by atoms with Crippen molar-refractivity contribution in [2.45, 2.75) is 121 Å². The highest BCUT2D eigenvalue weighted by Crippen LogP contribution is 2.49. The largest absolute Gasteiger partial charge is 0.332 e. The molecule has 2 saturated carbocycles. The molecule has 0 spiro atoms. The highest BCUT2D eigenvalue weighted by atomic mass is 16.1. The van der Waals surface area contributed by atoms with E-state index in [2.05, 4.69) is 45.6 Å². The Morgan fingerprint density at radius 2 is 1.56 bits per heavy atom. The second-order valence-corrected chi connectivity index (χ2v) is 13.2. The number of nitrogens with zero attached hydrogens (tertiary/aromatic N) is 4. The van der Waals surface area contributed by atoms with Gasteiger partial charge in [0.15, 0.2) is 5.78 Å². The molecule has 2 aromatic rings. The summed E-state index contributed by atoms with van der Waals surface area (Å²) in [6.07, 6.45) is 16.0. The average molecular weight is 489 g/mol. The van der Waals surface area contributed by atoms with Crippen molar-refractivity contribution in [3.8, 4) is 0 Å². The number of Topliss-reactive ketones (excluding diaryl/α,β-unsaturated/α-hetero) is 1. The van der Waals surface area contributed by atoms with Crippen LogP contribution in [0.3, 0.4) is 0 Å². The number of benzene rings is 1. The quantitative estimate of drug-likeness (QED) is 0.502. The highest BCUT2D eigenvalue weighted by molar-refractivity contribution is 5.86. The van der Waals surface area contributed by atoms with Gasteiger partial charge in [-0.2, -0.15) is 0 Å². The van der Waals surface area contributed by atoms with Gasteiger partial charge in [-0.05, 0) is 107 Å². The first-order chi connectivity index (χ1) is 17.5. The number of aromatic nitrogens is 2. The van der Waals surface area contributed by atoms with Gasteiger partial charge in [-0.3, -0.25) is 9.69 Å². The van der Waals surface area contributed by atoms with Gasteiger partial charge in [-0.1, -0.05) is 25.5 Å². The summed E-state index contributed by atoms with van der Waals surface area (Å²) in [5.74, 6) is 4.23. The number of carbonyl (C=O) groups excluding carboxylic acids is 1. The zero-order chi connectivity index (χ0) is 24.4. The van der Waals surface area contributed by atoms with Crippen LogP contribution in [0, 0.1) is 17.8 Å². The molecule has 0 radical (unpaired) electrons. The fraction of sp³-hybridized carbons (Fsp3) is 0.742. The number of hydrogen-bond donors (Lipinski definition) is 0. The van der Waals surface area contributed by atoms with Crippen molar-refractivity contribution in [3.05, 3.63) is 24.3 Å². The molecule has 8 atom stereocenters. The molecular formula is C31H44N4O. The van der Waals surface area contributed by atoms with Crippen molar-refractivity contribution >= 4 is 22.8 Å². The van der Waals surface area contributed by atoms with Gasteiger partial charge in [0.25, 0.3) is 0 Å². The van der Waals surface area contributed by atoms with E-state index in [1.807, 2.05) is 0 Å². The van der Waals surface area contributed by atoms with Crippen LogP contribution in [0.1, 0.15) is 96.9 Å². The van der Waals surface area contributed by atoms with Gasteiger partial charge in [-0.25, -0.2) is 4.98 Å². The van der Waals surface area contributed by atoms with E-state index in [-0.39, 0.29) is 11.8 Å². The summed E-state index contributed by atoms with van der Waals surface area (Å²) in [6, 6.07) is 11.4. The van der Waals surface area contributed by atoms with Crippen LogP contribution in [0.5, 0.6) is 0 Å². The highest BCUT2D eigenvalue weighted by Gasteiger charge is 2.46. The van der Waals surface area contributed by atoms with Crippen molar-refractivity contribution in [2.24, 2.45) is 17.8 Å². The van der Waals surface area contributed by atoms with E-state index in [1.54, 1.807) is 6.92 Å². The molecule has 3 aliphatic heterocycles. The fourth-order valence-electron chi connectivity index (χ4n) is 9.61. The molecule has 194 valence electrons. The maximum Gasteiger partial charge on any atom is 0.207 e. The molecule has 3 saturated heterocycles. The molecule has 5 fully saturated rings. The standard InChI is InChI=1S/C31H44N4O/c1-20-13-22-15-23(14-20)17-26(16-22)34-24-7-5-8-25(34)19-27(18-24)35-30-10-4-3-9-28(30)32-31(35)33-12-6-11-29(33)21(2)36/h3-4,9-10,20,22-27,29H,5-8,11-19H2,1-2H3/t20-,22-,23+,24-,25+,26+,27+,29-/m0/s1. The third kappa shape index (κ3) is 3.92. The van der Waals surface area contributed by atoms with E-state index in [9.17, 15) is 4.79 Å². The predicted molar refractivity (Wildman–Crippen MR) is 145 cm³/mol. The molecule has 0 N–H and O–H groups in total. The van der Waals surface area contributed by atoms with Crippen LogP contribution in [-0.2, 0) is 4.79 Å². The molecule has 36 heavy (non-hydrogen) atoms. The summed E-state index contributed by atoms with van der Waals surface area (Å²) in [4.78, 5) is 23.1. The van der Waals surface area contributed by atoms with Crippen LogP contribution in [0.2, 0.25) is 0 Å². The molecule has 5 nitrogen and oxygen atoms in total. The monoisotopic (exact) mass is 488 g/mol. The van der Waals surface area contributed by atoms with E-state index in [0.29, 0.717) is 18.1 Å². The van der Waals surface area contributed by atoms with Crippen molar-refractivity contribution in [1.29, 1.82) is 0 Å². The SMILES string of the molecule is CC(=O)[C@@H]1CCCN1c1nc2ccccc2n1[C@H]1C[C@H]2CCC[C@@H](C1)N2[C@H]1C[C@@H]2C[C@@H](C)C[C@@H](C2)C1. The van der Waals surface area contributed by atoms with E-state index in [4.69, 9.17) is 4.98 Å². The maximum atomic E-state index is 12.5. The first-order valence-corrected chi connectivity index (χ1v) is 15.1. The average Bonchev–Trinajstić information content (AvgIpc) is 3.47. The molecule has 2 aliphatic carbocycles. The molecule has 0 amide bonds. The molecule has 4 heterocycles. The molecule has 4 bridgehead atoms. The number of carbonyl (C=O) groups is 1. The fourth-order valence-corrected chi connectivity index (χ4v) is 9.61. The number of anilines is 1. The van der Waals surface area contributed by atoms with Crippen LogP contribution in [0.15, 0.2) is 24.3 Å². The minimum Gasteiger partial charge on any atom is -0.332 e. The van der Waals surface area contributed by atoms with E-state index >= 15 is 0 Å². The molecule has 1 aromatic heterocycles. The Kier molecular flexibility index (Phi) is 5.91. The Bertz CT molecular complexity index is 1090. The first kappa shape index (κ1) is 23.3. The van der Waals surface area contributed by atoms with Gasteiger partial charge in [0.1, 0.15) is 0 Å². The summed E-state index contributed by atoms with van der Waals surface area (Å²) < 4.78 is 2.58. The lowest BCUT2D eigenvalue weighted by atomic mass is 9.65. The summed E-state index contributed by atoms with van der Waals surface area (Å²) in [5, 5.41) is 0. The Hall–Kier alpha value is -1.88. The summed E-state index contributed by atoms with van der Waals surface area (Å²) in [5.41, 5.74) is 2.35. The Balaban J connectivity index is 1.20. The summed E-state index contributed by atoms with van der Waals surface area (Å²) >= 11 is 0. The van der Waals surface area contributed by atoms with Crippen LogP contribution in [0.4, 0.5) is 5.95 Å². The Morgan fingerprint density at radius 1 is 0.833 bits per heavy atom. The number of ketones is 1. The van der Waals surface area contributed by atoms with Crippen molar-refractivity contribution < 1.29 is 4.79 Å². The van der Waals surface area contributed by atoms with Gasteiger partial charge in [-0.15, -0.1) is 0 Å².